The van der Waals surface area contributed by atoms with Crippen LogP contribution in [0, 0.1) is 5.92 Å². The van der Waals surface area contributed by atoms with E-state index in [-0.39, 0.29) is 5.76 Å². The van der Waals surface area contributed by atoms with Crippen molar-refractivity contribution < 1.29 is 9.21 Å². The van der Waals surface area contributed by atoms with Crippen molar-refractivity contribution in [3.8, 4) is 0 Å². The average Bonchev–Trinajstić information content (AvgIpc) is 3.12. The van der Waals surface area contributed by atoms with Gasteiger partial charge in [0.2, 0.25) is 0 Å². The van der Waals surface area contributed by atoms with Crippen LogP contribution in [0.2, 0.25) is 0 Å². The molecule has 26 heavy (non-hydrogen) atoms. The average molecular weight is 354 g/mol. The minimum absolute atomic E-state index is 0.175. The van der Waals surface area contributed by atoms with E-state index in [9.17, 15) is 4.79 Å². The van der Waals surface area contributed by atoms with Crippen LogP contribution in [0.25, 0.3) is 0 Å². The molecule has 1 aromatic heterocycles. The van der Waals surface area contributed by atoms with Crippen LogP contribution in [-0.4, -0.2) is 36.9 Å². The smallest absolute Gasteiger partial charge is 0.284 e. The molecular formula is C20H26N4O2. The van der Waals surface area contributed by atoms with Gasteiger partial charge in [-0.15, -0.1) is 0 Å². The Morgan fingerprint density at radius 1 is 1.31 bits per heavy atom. The van der Waals surface area contributed by atoms with Crippen molar-refractivity contribution in [1.29, 1.82) is 0 Å². The zero-order chi connectivity index (χ0) is 18.5. The first-order chi connectivity index (χ1) is 12.6. The molecule has 2 atom stereocenters. The Labute approximate surface area is 154 Å². The molecule has 0 radical (unpaired) electrons. The Bertz CT molecular complexity index is 769. The number of benzene rings is 1. The van der Waals surface area contributed by atoms with Crippen LogP contribution in [0.1, 0.15) is 41.1 Å². The second-order valence-corrected chi connectivity index (χ2v) is 6.76. The lowest BCUT2D eigenvalue weighted by Crippen LogP contribution is -2.47. The normalized spacial score (nSPS) is 20.8. The first kappa shape index (κ1) is 18.0. The first-order valence-corrected chi connectivity index (χ1v) is 8.97. The van der Waals surface area contributed by atoms with Crippen LogP contribution in [0.4, 0.5) is 0 Å². The van der Waals surface area contributed by atoms with Gasteiger partial charge in [-0.25, -0.2) is 0 Å². The molecule has 1 aliphatic rings. The van der Waals surface area contributed by atoms with E-state index in [2.05, 4.69) is 52.5 Å². The number of carbonyl (C=O) groups excluding carboxylic acids is 1. The number of aliphatic imine (C=N–C) groups is 1. The van der Waals surface area contributed by atoms with Crippen molar-refractivity contribution in [2.24, 2.45) is 16.6 Å². The molecule has 0 saturated carbocycles. The third kappa shape index (κ3) is 4.07. The van der Waals surface area contributed by atoms with Crippen molar-refractivity contribution in [2.45, 2.75) is 25.8 Å². The van der Waals surface area contributed by atoms with Crippen molar-refractivity contribution in [3.05, 3.63) is 59.5 Å². The maximum absolute atomic E-state index is 11.1. The third-order valence-corrected chi connectivity index (χ3v) is 4.97. The summed E-state index contributed by atoms with van der Waals surface area (Å²) in [6.45, 7) is 4.66. The SMILES string of the molecule is CN=C(NCc1ccc(C(N)=O)o1)N1CCC(c2ccccc2)C(C)C1. The largest absolute Gasteiger partial charge is 0.454 e. The maximum Gasteiger partial charge on any atom is 0.284 e. The van der Waals surface area contributed by atoms with Crippen LogP contribution < -0.4 is 11.1 Å². The van der Waals surface area contributed by atoms with Gasteiger partial charge >= 0.3 is 0 Å². The van der Waals surface area contributed by atoms with E-state index >= 15 is 0 Å². The third-order valence-electron chi connectivity index (χ3n) is 4.97. The molecule has 138 valence electrons. The summed E-state index contributed by atoms with van der Waals surface area (Å²) in [6.07, 6.45) is 1.10. The van der Waals surface area contributed by atoms with Gasteiger partial charge in [0.15, 0.2) is 11.7 Å². The molecule has 1 aromatic carbocycles. The van der Waals surface area contributed by atoms with E-state index < -0.39 is 5.91 Å². The Kier molecular flexibility index (Phi) is 5.61. The number of rotatable bonds is 4. The second kappa shape index (κ2) is 8.08. The fourth-order valence-corrected chi connectivity index (χ4v) is 3.64. The topological polar surface area (TPSA) is 83.9 Å². The van der Waals surface area contributed by atoms with E-state index in [1.807, 2.05) is 0 Å². The number of nitrogens with zero attached hydrogens (tertiary/aromatic N) is 2. The maximum atomic E-state index is 11.1. The molecule has 1 aliphatic heterocycles. The summed E-state index contributed by atoms with van der Waals surface area (Å²) < 4.78 is 5.41. The van der Waals surface area contributed by atoms with Gasteiger partial charge in [0.1, 0.15) is 5.76 Å². The second-order valence-electron chi connectivity index (χ2n) is 6.76. The monoisotopic (exact) mass is 354 g/mol. The van der Waals surface area contributed by atoms with E-state index in [4.69, 9.17) is 10.2 Å². The summed E-state index contributed by atoms with van der Waals surface area (Å²) >= 11 is 0. The number of guanidine groups is 1. The number of hydrogen-bond donors (Lipinski definition) is 2. The molecule has 2 heterocycles. The van der Waals surface area contributed by atoms with Gasteiger partial charge in [0.05, 0.1) is 6.54 Å². The molecule has 2 aromatic rings. The molecule has 3 N–H and O–H groups in total. The zero-order valence-corrected chi connectivity index (χ0v) is 15.3. The van der Waals surface area contributed by atoms with E-state index in [1.165, 1.54) is 5.56 Å². The molecule has 6 heteroatoms. The number of primary amides is 1. The van der Waals surface area contributed by atoms with Crippen LogP contribution in [0.5, 0.6) is 0 Å². The number of hydrogen-bond acceptors (Lipinski definition) is 3. The molecule has 3 rings (SSSR count). The lowest BCUT2D eigenvalue weighted by molar-refractivity contribution is 0.0972. The Morgan fingerprint density at radius 3 is 2.69 bits per heavy atom. The van der Waals surface area contributed by atoms with Crippen molar-refractivity contribution in [1.82, 2.24) is 10.2 Å². The summed E-state index contributed by atoms with van der Waals surface area (Å²) in [4.78, 5) is 17.8. The number of nitrogens with two attached hydrogens (primary N) is 1. The van der Waals surface area contributed by atoms with Crippen LogP contribution in [0.3, 0.4) is 0 Å². The molecular weight excluding hydrogens is 328 g/mol. The van der Waals surface area contributed by atoms with Gasteiger partial charge in [-0.1, -0.05) is 37.3 Å². The Hall–Kier alpha value is -2.76. The molecule has 0 aliphatic carbocycles. The standard InChI is InChI=1S/C20H26N4O2/c1-14-13-24(11-10-17(14)15-6-4-3-5-7-15)20(22-2)23-12-16-8-9-18(26-16)19(21)25/h3-9,14,17H,10-13H2,1-2H3,(H2,21,25)(H,22,23). The highest BCUT2D eigenvalue weighted by atomic mass is 16.3. The number of nitrogens with one attached hydrogen (secondary N) is 1. The molecule has 1 fully saturated rings. The number of carbonyl (C=O) groups is 1. The predicted molar refractivity (Wildman–Crippen MR) is 102 cm³/mol. The number of likely N-dealkylation sites (tertiary alicyclic amines) is 1. The summed E-state index contributed by atoms with van der Waals surface area (Å²) in [5.41, 5.74) is 6.63. The van der Waals surface area contributed by atoms with Crippen LogP contribution >= 0.6 is 0 Å². The van der Waals surface area contributed by atoms with Crippen molar-refractivity contribution in [3.63, 3.8) is 0 Å². The quantitative estimate of drug-likeness (QED) is 0.653. The summed E-state index contributed by atoms with van der Waals surface area (Å²) in [6, 6.07) is 14.1. The molecule has 2 unspecified atom stereocenters. The summed E-state index contributed by atoms with van der Waals surface area (Å²) in [7, 11) is 1.78. The van der Waals surface area contributed by atoms with E-state index in [0.29, 0.717) is 24.1 Å². The highest BCUT2D eigenvalue weighted by molar-refractivity contribution is 5.89. The lowest BCUT2D eigenvalue weighted by atomic mass is 9.82. The first-order valence-electron chi connectivity index (χ1n) is 8.97. The minimum Gasteiger partial charge on any atom is -0.454 e. The minimum atomic E-state index is -0.558. The van der Waals surface area contributed by atoms with Crippen LogP contribution in [0.15, 0.2) is 51.9 Å². The Balaban J connectivity index is 1.58. The fourth-order valence-electron chi connectivity index (χ4n) is 3.64. The molecule has 0 bridgehead atoms. The summed E-state index contributed by atoms with van der Waals surface area (Å²) in [5.74, 6) is 2.24. The van der Waals surface area contributed by atoms with Gasteiger partial charge in [-0.2, -0.15) is 0 Å². The molecule has 1 amide bonds. The number of piperidine rings is 1. The van der Waals surface area contributed by atoms with E-state index in [0.717, 1.165) is 25.5 Å². The van der Waals surface area contributed by atoms with E-state index in [1.54, 1.807) is 19.2 Å². The lowest BCUT2D eigenvalue weighted by Gasteiger charge is -2.38. The van der Waals surface area contributed by atoms with Gasteiger partial charge in [-0.05, 0) is 36.0 Å². The van der Waals surface area contributed by atoms with Gasteiger partial charge < -0.3 is 20.4 Å². The molecule has 0 spiro atoms. The Morgan fingerprint density at radius 2 is 2.08 bits per heavy atom. The molecule has 6 nitrogen and oxygen atoms in total. The van der Waals surface area contributed by atoms with Crippen molar-refractivity contribution in [2.75, 3.05) is 20.1 Å². The molecule has 1 saturated heterocycles. The number of furan rings is 1. The van der Waals surface area contributed by atoms with Crippen molar-refractivity contribution >= 4 is 11.9 Å². The van der Waals surface area contributed by atoms with Crippen LogP contribution in [-0.2, 0) is 6.54 Å². The van der Waals surface area contributed by atoms with Gasteiger partial charge in [0, 0.05) is 20.1 Å². The predicted octanol–water partition coefficient (Wildman–Crippen LogP) is 2.58. The zero-order valence-electron chi connectivity index (χ0n) is 15.3. The van der Waals surface area contributed by atoms with Gasteiger partial charge in [-0.3, -0.25) is 9.79 Å². The van der Waals surface area contributed by atoms with Gasteiger partial charge in [0.25, 0.3) is 5.91 Å². The summed E-state index contributed by atoms with van der Waals surface area (Å²) in [5, 5.41) is 3.31. The fraction of sp³-hybridized carbons (Fsp3) is 0.400. The highest BCUT2D eigenvalue weighted by Crippen LogP contribution is 2.32. The number of amides is 1. The highest BCUT2D eigenvalue weighted by Gasteiger charge is 2.28.